The zero-order chi connectivity index (χ0) is 19.5. The van der Waals surface area contributed by atoms with Crippen LogP contribution in [0.3, 0.4) is 0 Å². The molecule has 8 heteroatoms. The van der Waals surface area contributed by atoms with Crippen LogP contribution < -0.4 is 20.1 Å². The number of rotatable bonds is 10. The summed E-state index contributed by atoms with van der Waals surface area (Å²) in [4.78, 5) is 6.90. The van der Waals surface area contributed by atoms with Gasteiger partial charge < -0.3 is 29.7 Å². The lowest BCUT2D eigenvalue weighted by Crippen LogP contribution is -2.44. The fourth-order valence-corrected chi connectivity index (χ4v) is 2.65. The van der Waals surface area contributed by atoms with Gasteiger partial charge in [0.15, 0.2) is 17.5 Å². The van der Waals surface area contributed by atoms with E-state index in [1.807, 2.05) is 26.2 Å². The Morgan fingerprint density at radius 2 is 1.81 bits per heavy atom. The van der Waals surface area contributed by atoms with Crippen molar-refractivity contribution in [1.29, 1.82) is 0 Å². The van der Waals surface area contributed by atoms with Crippen molar-refractivity contribution < 1.29 is 14.2 Å². The number of halogens is 1. The number of guanidine groups is 1. The van der Waals surface area contributed by atoms with Crippen molar-refractivity contribution in [2.45, 2.75) is 25.9 Å². The summed E-state index contributed by atoms with van der Waals surface area (Å²) >= 11 is 0. The Hall–Kier alpha value is -1.26. The Kier molecular flexibility index (Phi) is 13.2. The molecule has 0 aliphatic rings. The van der Waals surface area contributed by atoms with Crippen molar-refractivity contribution in [3.63, 3.8) is 0 Å². The molecule has 0 aliphatic carbocycles. The normalized spacial score (nSPS) is 13.6. The minimum Gasteiger partial charge on any atom is -0.493 e. The molecule has 0 bridgehead atoms. The highest BCUT2D eigenvalue weighted by Gasteiger charge is 2.17. The topological polar surface area (TPSA) is 67.4 Å². The van der Waals surface area contributed by atoms with E-state index in [1.54, 1.807) is 21.3 Å². The van der Waals surface area contributed by atoms with E-state index in [0.717, 1.165) is 29.6 Å². The van der Waals surface area contributed by atoms with E-state index in [4.69, 9.17) is 19.2 Å². The van der Waals surface area contributed by atoms with Crippen LogP contribution in [0.5, 0.6) is 11.5 Å². The van der Waals surface area contributed by atoms with Crippen LogP contribution in [0.2, 0.25) is 0 Å². The summed E-state index contributed by atoms with van der Waals surface area (Å²) in [5.74, 6) is 2.23. The second-order valence-electron chi connectivity index (χ2n) is 6.31. The number of benzene rings is 1. The first-order valence-corrected chi connectivity index (χ1v) is 8.88. The van der Waals surface area contributed by atoms with E-state index < -0.39 is 0 Å². The summed E-state index contributed by atoms with van der Waals surface area (Å²) in [6, 6.07) is 6.28. The SMILES string of the molecule is CCNC(=NCC(c1ccc(OC)c(OC)c1)N(C)C)NC(C)COC.I. The number of methoxy groups -OCH3 is 3. The first-order valence-electron chi connectivity index (χ1n) is 8.88. The second kappa shape index (κ2) is 13.8. The van der Waals surface area contributed by atoms with Gasteiger partial charge in [-0.1, -0.05) is 6.07 Å². The molecule has 0 heterocycles. The second-order valence-corrected chi connectivity index (χ2v) is 6.31. The molecular weight excluding hydrogens is 459 g/mol. The van der Waals surface area contributed by atoms with Gasteiger partial charge >= 0.3 is 0 Å². The molecule has 1 rings (SSSR count). The van der Waals surface area contributed by atoms with Crippen molar-refractivity contribution in [3.8, 4) is 11.5 Å². The van der Waals surface area contributed by atoms with Gasteiger partial charge in [0.25, 0.3) is 0 Å². The Bertz CT molecular complexity index is 570. The maximum Gasteiger partial charge on any atom is 0.191 e. The van der Waals surface area contributed by atoms with Gasteiger partial charge in [-0.3, -0.25) is 4.99 Å². The molecule has 0 saturated heterocycles. The smallest absolute Gasteiger partial charge is 0.191 e. The van der Waals surface area contributed by atoms with Crippen LogP contribution in [0.1, 0.15) is 25.5 Å². The molecule has 1 aromatic rings. The molecule has 0 amide bonds. The first kappa shape index (κ1) is 25.7. The molecule has 0 spiro atoms. The quantitative estimate of drug-likeness (QED) is 0.296. The third-order valence-corrected chi connectivity index (χ3v) is 3.98. The van der Waals surface area contributed by atoms with E-state index in [2.05, 4.69) is 35.4 Å². The number of hydrogen-bond donors (Lipinski definition) is 2. The Morgan fingerprint density at radius 3 is 2.33 bits per heavy atom. The minimum absolute atomic E-state index is 0. The number of hydrogen-bond acceptors (Lipinski definition) is 5. The fraction of sp³-hybridized carbons (Fsp3) is 0.632. The molecule has 156 valence electrons. The van der Waals surface area contributed by atoms with E-state index in [-0.39, 0.29) is 36.1 Å². The van der Waals surface area contributed by atoms with Gasteiger partial charge in [0.2, 0.25) is 0 Å². The van der Waals surface area contributed by atoms with Gasteiger partial charge in [-0.15, -0.1) is 24.0 Å². The maximum atomic E-state index is 5.43. The summed E-state index contributed by atoms with van der Waals surface area (Å²) < 4.78 is 15.9. The van der Waals surface area contributed by atoms with E-state index in [1.165, 1.54) is 0 Å². The van der Waals surface area contributed by atoms with Crippen LogP contribution in [-0.2, 0) is 4.74 Å². The zero-order valence-corrected chi connectivity index (χ0v) is 19.9. The van der Waals surface area contributed by atoms with Gasteiger partial charge in [0, 0.05) is 19.7 Å². The molecule has 2 atom stereocenters. The van der Waals surface area contributed by atoms with Gasteiger partial charge in [0.05, 0.1) is 33.4 Å². The summed E-state index contributed by atoms with van der Waals surface area (Å²) in [6.45, 7) is 6.15. The zero-order valence-electron chi connectivity index (χ0n) is 17.5. The van der Waals surface area contributed by atoms with E-state index in [9.17, 15) is 0 Å². The van der Waals surface area contributed by atoms with Crippen LogP contribution >= 0.6 is 24.0 Å². The summed E-state index contributed by atoms with van der Waals surface area (Å²) in [7, 11) is 9.08. The third kappa shape index (κ3) is 8.52. The lowest BCUT2D eigenvalue weighted by molar-refractivity contribution is 0.179. The highest BCUT2D eigenvalue weighted by atomic mass is 127. The average molecular weight is 494 g/mol. The molecule has 0 aromatic heterocycles. The van der Waals surface area contributed by atoms with Crippen LogP contribution in [0.15, 0.2) is 23.2 Å². The maximum absolute atomic E-state index is 5.43. The van der Waals surface area contributed by atoms with E-state index >= 15 is 0 Å². The monoisotopic (exact) mass is 494 g/mol. The number of nitrogens with one attached hydrogen (secondary N) is 2. The molecule has 1 aromatic carbocycles. The summed E-state index contributed by atoms with van der Waals surface area (Å²) in [5, 5.41) is 6.63. The Morgan fingerprint density at radius 1 is 1.15 bits per heavy atom. The number of likely N-dealkylation sites (N-methyl/N-ethyl adjacent to an activating group) is 1. The molecule has 2 unspecified atom stereocenters. The first-order chi connectivity index (χ1) is 12.5. The van der Waals surface area contributed by atoms with Crippen molar-refractivity contribution in [3.05, 3.63) is 23.8 Å². The minimum atomic E-state index is 0. The predicted octanol–water partition coefficient (Wildman–Crippen LogP) is 2.51. The van der Waals surface area contributed by atoms with Crippen LogP contribution in [-0.4, -0.2) is 72.0 Å². The van der Waals surface area contributed by atoms with Gasteiger partial charge in [-0.2, -0.15) is 0 Å². The van der Waals surface area contributed by atoms with Gasteiger partial charge in [-0.05, 0) is 45.6 Å². The summed E-state index contributed by atoms with van der Waals surface area (Å²) in [5.41, 5.74) is 1.12. The Labute approximate surface area is 180 Å². The number of ether oxygens (including phenoxy) is 3. The molecule has 27 heavy (non-hydrogen) atoms. The number of nitrogens with zero attached hydrogens (tertiary/aromatic N) is 2. The van der Waals surface area contributed by atoms with Crippen molar-refractivity contribution in [1.82, 2.24) is 15.5 Å². The van der Waals surface area contributed by atoms with Crippen molar-refractivity contribution in [2.24, 2.45) is 4.99 Å². The number of aliphatic imine (C=N–C) groups is 1. The largest absolute Gasteiger partial charge is 0.493 e. The predicted molar refractivity (Wildman–Crippen MR) is 122 cm³/mol. The van der Waals surface area contributed by atoms with Gasteiger partial charge in [-0.25, -0.2) is 0 Å². The highest BCUT2D eigenvalue weighted by molar-refractivity contribution is 14.0. The van der Waals surface area contributed by atoms with Crippen molar-refractivity contribution >= 4 is 29.9 Å². The average Bonchev–Trinajstić information content (AvgIpc) is 2.61. The molecule has 0 radical (unpaired) electrons. The Balaban J connectivity index is 0.00000676. The highest BCUT2D eigenvalue weighted by Crippen LogP contribution is 2.31. The molecular formula is C19H35IN4O3. The molecule has 0 saturated carbocycles. The van der Waals surface area contributed by atoms with Crippen molar-refractivity contribution in [2.75, 3.05) is 55.1 Å². The van der Waals surface area contributed by atoms with E-state index in [0.29, 0.717) is 13.2 Å². The lowest BCUT2D eigenvalue weighted by Gasteiger charge is -2.25. The lowest BCUT2D eigenvalue weighted by atomic mass is 10.1. The molecule has 2 N–H and O–H groups in total. The third-order valence-electron chi connectivity index (χ3n) is 3.98. The summed E-state index contributed by atoms with van der Waals surface area (Å²) in [6.07, 6.45) is 0. The molecule has 0 fully saturated rings. The fourth-order valence-electron chi connectivity index (χ4n) is 2.65. The van der Waals surface area contributed by atoms with Crippen LogP contribution in [0.25, 0.3) is 0 Å². The van der Waals surface area contributed by atoms with Crippen LogP contribution in [0.4, 0.5) is 0 Å². The molecule has 0 aliphatic heterocycles. The molecule has 7 nitrogen and oxygen atoms in total. The van der Waals surface area contributed by atoms with Gasteiger partial charge in [0.1, 0.15) is 0 Å². The van der Waals surface area contributed by atoms with Crippen LogP contribution in [0, 0.1) is 0 Å². The standard InChI is InChI=1S/C19H34N4O3.HI/c1-8-20-19(22-14(2)13-24-5)21-12-16(23(3)4)15-9-10-17(25-6)18(11-15)26-7;/h9-11,14,16H,8,12-13H2,1-7H3,(H2,20,21,22);1H.